The second-order valence-electron chi connectivity index (χ2n) is 3.68. The van der Waals surface area contributed by atoms with Crippen molar-refractivity contribution in [2.45, 2.75) is 24.7 Å². The Kier molecular flexibility index (Phi) is 3.98. The van der Waals surface area contributed by atoms with Gasteiger partial charge in [0.1, 0.15) is 11.6 Å². The molecule has 0 amide bonds. The van der Waals surface area contributed by atoms with Gasteiger partial charge in [0.05, 0.1) is 17.6 Å². The Hall–Kier alpha value is -0.850. The molecule has 0 aromatic carbocycles. The molecule has 1 aliphatic heterocycles. The van der Waals surface area contributed by atoms with Crippen molar-refractivity contribution < 1.29 is 4.74 Å². The van der Waals surface area contributed by atoms with Crippen LogP contribution in [0.2, 0.25) is 0 Å². The number of rotatable bonds is 4. The molecule has 1 unspecified atom stereocenters. The molecule has 0 spiro atoms. The highest BCUT2D eigenvalue weighted by atomic mass is 32.2. The zero-order chi connectivity index (χ0) is 11.4. The van der Waals surface area contributed by atoms with Gasteiger partial charge in [0.25, 0.3) is 0 Å². The van der Waals surface area contributed by atoms with Crippen LogP contribution >= 0.6 is 11.8 Å². The van der Waals surface area contributed by atoms with Gasteiger partial charge in [0.15, 0.2) is 0 Å². The first-order valence-electron chi connectivity index (χ1n) is 5.28. The lowest BCUT2D eigenvalue weighted by molar-refractivity contribution is 0.181. The zero-order valence-corrected chi connectivity index (χ0v) is 10.1. The van der Waals surface area contributed by atoms with Crippen LogP contribution < -0.4 is 11.3 Å². The summed E-state index contributed by atoms with van der Waals surface area (Å²) in [7, 11) is 1.65. The van der Waals surface area contributed by atoms with E-state index in [-0.39, 0.29) is 0 Å². The van der Waals surface area contributed by atoms with Gasteiger partial charge in [-0.3, -0.25) is 0 Å². The Morgan fingerprint density at radius 3 is 3.12 bits per heavy atom. The molecule has 1 aromatic rings. The fraction of sp³-hybridized carbons (Fsp3) is 0.600. The minimum atomic E-state index is 0.406. The number of anilines is 1. The molecule has 0 saturated carbocycles. The number of hydrogen-bond donors (Lipinski definition) is 2. The fourth-order valence-electron chi connectivity index (χ4n) is 1.74. The molecule has 3 N–H and O–H groups in total. The number of methoxy groups -OCH3 is 1. The first-order chi connectivity index (χ1) is 7.83. The number of ether oxygens (including phenoxy) is 1. The normalized spacial score (nSPS) is 20.0. The fourth-order valence-corrected chi connectivity index (χ4v) is 2.94. The highest BCUT2D eigenvalue weighted by Gasteiger charge is 2.21. The lowest BCUT2D eigenvalue weighted by atomic mass is 10.2. The molecule has 0 radical (unpaired) electrons. The minimum absolute atomic E-state index is 0.406. The van der Waals surface area contributed by atoms with Gasteiger partial charge in [0, 0.05) is 13.2 Å². The van der Waals surface area contributed by atoms with E-state index in [0.29, 0.717) is 17.7 Å². The van der Waals surface area contributed by atoms with Crippen LogP contribution in [0.25, 0.3) is 0 Å². The predicted octanol–water partition coefficient (Wildman–Crippen LogP) is 1.48. The van der Waals surface area contributed by atoms with Crippen molar-refractivity contribution in [2.75, 3.05) is 18.3 Å². The van der Waals surface area contributed by atoms with E-state index in [1.807, 2.05) is 17.8 Å². The SMILES string of the molecule is COCc1cc(NN)nc(C2CCCS2)n1. The Balaban J connectivity index is 2.24. The molecule has 6 heteroatoms. The number of hydrazine groups is 1. The number of nitrogens with two attached hydrogens (primary N) is 1. The molecule has 1 aliphatic rings. The number of aromatic nitrogens is 2. The van der Waals surface area contributed by atoms with E-state index in [4.69, 9.17) is 10.6 Å². The summed E-state index contributed by atoms with van der Waals surface area (Å²) in [6, 6.07) is 1.81. The number of nitrogens with zero attached hydrogens (tertiary/aromatic N) is 2. The average Bonchev–Trinajstić information content (AvgIpc) is 2.82. The number of hydrogen-bond acceptors (Lipinski definition) is 6. The molecular formula is C10H16N4OS. The van der Waals surface area contributed by atoms with Gasteiger partial charge >= 0.3 is 0 Å². The van der Waals surface area contributed by atoms with Gasteiger partial charge in [-0.05, 0) is 18.6 Å². The second-order valence-corrected chi connectivity index (χ2v) is 4.99. The van der Waals surface area contributed by atoms with Crippen molar-refractivity contribution >= 4 is 17.6 Å². The van der Waals surface area contributed by atoms with E-state index in [0.717, 1.165) is 17.9 Å². The minimum Gasteiger partial charge on any atom is -0.378 e. The van der Waals surface area contributed by atoms with Crippen LogP contribution in [0.1, 0.15) is 29.6 Å². The average molecular weight is 240 g/mol. The summed E-state index contributed by atoms with van der Waals surface area (Å²) >= 11 is 1.91. The monoisotopic (exact) mass is 240 g/mol. The van der Waals surface area contributed by atoms with Crippen LogP contribution in [0, 0.1) is 0 Å². The van der Waals surface area contributed by atoms with Crippen molar-refractivity contribution in [1.82, 2.24) is 9.97 Å². The van der Waals surface area contributed by atoms with Crippen molar-refractivity contribution in [3.05, 3.63) is 17.6 Å². The van der Waals surface area contributed by atoms with Gasteiger partial charge < -0.3 is 10.2 Å². The topological polar surface area (TPSA) is 73.1 Å². The van der Waals surface area contributed by atoms with Crippen LogP contribution in [0.15, 0.2) is 6.07 Å². The van der Waals surface area contributed by atoms with E-state index in [1.54, 1.807) is 7.11 Å². The van der Waals surface area contributed by atoms with Gasteiger partial charge in [-0.25, -0.2) is 15.8 Å². The standard InChI is InChI=1S/C10H16N4OS/c1-15-6-7-5-9(14-11)13-10(12-7)8-3-2-4-16-8/h5,8H,2-4,6,11H2,1H3,(H,12,13,14). The highest BCUT2D eigenvalue weighted by molar-refractivity contribution is 7.99. The third-order valence-electron chi connectivity index (χ3n) is 2.45. The number of thioether (sulfide) groups is 1. The molecule has 1 atom stereocenters. The van der Waals surface area contributed by atoms with E-state index in [9.17, 15) is 0 Å². The van der Waals surface area contributed by atoms with E-state index in [2.05, 4.69) is 15.4 Å². The van der Waals surface area contributed by atoms with Crippen LogP contribution in [0.3, 0.4) is 0 Å². The summed E-state index contributed by atoms with van der Waals surface area (Å²) in [5.74, 6) is 8.11. The Bertz CT molecular complexity index is 355. The van der Waals surface area contributed by atoms with Crippen molar-refractivity contribution in [1.29, 1.82) is 0 Å². The maximum Gasteiger partial charge on any atom is 0.144 e. The molecule has 1 aromatic heterocycles. The molecule has 1 saturated heterocycles. The molecule has 0 aliphatic carbocycles. The third kappa shape index (κ3) is 2.63. The van der Waals surface area contributed by atoms with Gasteiger partial charge in [-0.2, -0.15) is 11.8 Å². The molecule has 88 valence electrons. The van der Waals surface area contributed by atoms with Gasteiger partial charge in [0.2, 0.25) is 0 Å². The smallest absolute Gasteiger partial charge is 0.144 e. The summed E-state index contributed by atoms with van der Waals surface area (Å²) in [5.41, 5.74) is 3.44. The first kappa shape index (κ1) is 11.6. The van der Waals surface area contributed by atoms with Crippen LogP contribution in [0.4, 0.5) is 5.82 Å². The van der Waals surface area contributed by atoms with Crippen molar-refractivity contribution in [3.63, 3.8) is 0 Å². The largest absolute Gasteiger partial charge is 0.378 e. The molecule has 1 fully saturated rings. The van der Waals surface area contributed by atoms with Crippen LogP contribution in [-0.4, -0.2) is 22.8 Å². The van der Waals surface area contributed by atoms with Gasteiger partial charge in [-0.15, -0.1) is 0 Å². The molecule has 2 heterocycles. The summed E-state index contributed by atoms with van der Waals surface area (Å²) in [4.78, 5) is 8.89. The third-order valence-corrected chi connectivity index (χ3v) is 3.83. The Morgan fingerprint density at radius 2 is 2.50 bits per heavy atom. The Labute approximate surface area is 99.2 Å². The molecule has 2 rings (SSSR count). The van der Waals surface area contributed by atoms with Crippen molar-refractivity contribution in [2.24, 2.45) is 5.84 Å². The van der Waals surface area contributed by atoms with E-state index >= 15 is 0 Å². The molecule has 0 bridgehead atoms. The Morgan fingerprint density at radius 1 is 1.62 bits per heavy atom. The summed E-state index contributed by atoms with van der Waals surface area (Å²) in [6.07, 6.45) is 2.38. The summed E-state index contributed by atoms with van der Waals surface area (Å²) in [5, 5.41) is 0.406. The van der Waals surface area contributed by atoms with Crippen molar-refractivity contribution in [3.8, 4) is 0 Å². The molecule has 16 heavy (non-hydrogen) atoms. The number of nitrogen functional groups attached to an aromatic ring is 1. The molecule has 5 nitrogen and oxygen atoms in total. The second kappa shape index (κ2) is 5.47. The highest BCUT2D eigenvalue weighted by Crippen LogP contribution is 2.38. The van der Waals surface area contributed by atoms with Gasteiger partial charge in [-0.1, -0.05) is 0 Å². The van der Waals surface area contributed by atoms with E-state index in [1.165, 1.54) is 12.2 Å². The quantitative estimate of drug-likeness (QED) is 0.613. The van der Waals surface area contributed by atoms with Crippen LogP contribution in [-0.2, 0) is 11.3 Å². The maximum absolute atomic E-state index is 5.39. The predicted molar refractivity (Wildman–Crippen MR) is 65.0 cm³/mol. The zero-order valence-electron chi connectivity index (χ0n) is 9.27. The maximum atomic E-state index is 5.39. The summed E-state index contributed by atoms with van der Waals surface area (Å²) in [6.45, 7) is 0.488. The van der Waals surface area contributed by atoms with E-state index < -0.39 is 0 Å². The number of nitrogens with one attached hydrogen (secondary N) is 1. The lowest BCUT2D eigenvalue weighted by Crippen LogP contribution is -2.12. The summed E-state index contributed by atoms with van der Waals surface area (Å²) < 4.78 is 5.08. The molecular weight excluding hydrogens is 224 g/mol. The van der Waals surface area contributed by atoms with Crippen LogP contribution in [0.5, 0.6) is 0 Å². The first-order valence-corrected chi connectivity index (χ1v) is 6.33. The lowest BCUT2D eigenvalue weighted by Gasteiger charge is -2.11.